The van der Waals surface area contributed by atoms with Crippen LogP contribution < -0.4 is 21.1 Å². The molecule has 1 saturated heterocycles. The Labute approximate surface area is 195 Å². The van der Waals surface area contributed by atoms with E-state index >= 15 is 0 Å². The monoisotopic (exact) mass is 458 g/mol. The fourth-order valence-corrected chi connectivity index (χ4v) is 4.68. The van der Waals surface area contributed by atoms with Gasteiger partial charge >= 0.3 is 0 Å². The van der Waals surface area contributed by atoms with E-state index < -0.39 is 0 Å². The number of aliphatic hydroxyl groups excluding tert-OH is 1. The normalized spacial score (nSPS) is 20.4. The molecule has 0 unspecified atom stereocenters. The van der Waals surface area contributed by atoms with E-state index in [1.807, 2.05) is 36.5 Å². The van der Waals surface area contributed by atoms with E-state index in [1.54, 1.807) is 27.5 Å². The number of β-amino-alcohol motifs (C(OH)–C–C–N with tert-alkyl or cyclic N) is 1. The first-order valence-corrected chi connectivity index (χ1v) is 11.6. The van der Waals surface area contributed by atoms with Gasteiger partial charge < -0.3 is 20.6 Å². The molecule has 10 heteroatoms. The van der Waals surface area contributed by atoms with Crippen LogP contribution in [0.15, 0.2) is 65.8 Å². The Morgan fingerprint density at radius 3 is 2.59 bits per heavy atom. The average molecular weight is 459 g/mol. The molecule has 4 aromatic heterocycles. The number of rotatable bonds is 6. The van der Waals surface area contributed by atoms with Gasteiger partial charge in [0.1, 0.15) is 5.82 Å². The average Bonchev–Trinajstić information content (AvgIpc) is 3.43. The predicted molar refractivity (Wildman–Crippen MR) is 130 cm³/mol. The SMILES string of the molecule is O=c1ccccn1-c1ccc(N[C@H]2CC[C@H](Nc3nc4cc(N5CC(O)C5)ccn4n3)C2)nc1. The first-order valence-electron chi connectivity index (χ1n) is 11.6. The minimum absolute atomic E-state index is 0.0779. The molecule has 2 aliphatic rings. The summed E-state index contributed by atoms with van der Waals surface area (Å²) in [7, 11) is 0. The third-order valence-electron chi connectivity index (χ3n) is 6.51. The Hall–Kier alpha value is -3.92. The second-order valence-corrected chi connectivity index (χ2v) is 8.99. The molecule has 10 nitrogen and oxygen atoms in total. The topological polar surface area (TPSA) is 113 Å². The molecule has 0 aromatic carbocycles. The van der Waals surface area contributed by atoms with E-state index in [4.69, 9.17) is 0 Å². The third-order valence-corrected chi connectivity index (χ3v) is 6.51. The zero-order valence-electron chi connectivity index (χ0n) is 18.6. The van der Waals surface area contributed by atoms with E-state index in [-0.39, 0.29) is 17.7 Å². The van der Waals surface area contributed by atoms with Gasteiger partial charge in [-0.3, -0.25) is 9.36 Å². The lowest BCUT2D eigenvalue weighted by Gasteiger charge is -2.37. The van der Waals surface area contributed by atoms with Crippen LogP contribution in [0, 0.1) is 0 Å². The van der Waals surface area contributed by atoms with Crippen LogP contribution in [0.4, 0.5) is 17.5 Å². The third kappa shape index (κ3) is 4.08. The molecule has 3 N–H and O–H groups in total. The molecule has 1 saturated carbocycles. The first kappa shape index (κ1) is 20.7. The van der Waals surface area contributed by atoms with Crippen LogP contribution >= 0.6 is 0 Å². The predicted octanol–water partition coefficient (Wildman–Crippen LogP) is 1.90. The molecule has 0 spiro atoms. The molecule has 0 amide bonds. The summed E-state index contributed by atoms with van der Waals surface area (Å²) in [5.41, 5.74) is 2.51. The van der Waals surface area contributed by atoms with Crippen LogP contribution in [0.3, 0.4) is 0 Å². The van der Waals surface area contributed by atoms with Crippen molar-refractivity contribution < 1.29 is 5.11 Å². The summed E-state index contributed by atoms with van der Waals surface area (Å²) in [6.07, 6.45) is 8.10. The Kier molecular flexibility index (Phi) is 5.14. The maximum atomic E-state index is 12.0. The highest BCUT2D eigenvalue weighted by molar-refractivity contribution is 5.58. The van der Waals surface area contributed by atoms with Gasteiger partial charge in [0.05, 0.1) is 18.0 Å². The minimum Gasteiger partial charge on any atom is -0.389 e. The summed E-state index contributed by atoms with van der Waals surface area (Å²) >= 11 is 0. The largest absolute Gasteiger partial charge is 0.389 e. The number of aliphatic hydroxyl groups is 1. The number of fused-ring (bicyclic) bond motifs is 1. The van der Waals surface area contributed by atoms with Crippen molar-refractivity contribution in [2.24, 2.45) is 0 Å². The van der Waals surface area contributed by atoms with E-state index in [9.17, 15) is 9.90 Å². The van der Waals surface area contributed by atoms with Crippen molar-refractivity contribution in [3.63, 3.8) is 0 Å². The maximum Gasteiger partial charge on any atom is 0.255 e. The summed E-state index contributed by atoms with van der Waals surface area (Å²) in [5, 5.41) is 21.1. The number of aromatic nitrogens is 5. The standard InChI is InChI=1S/C24H26N8O2/c33-20-14-30(15-20)18-8-10-32-22(12-18)28-24(29-32)27-17-5-4-16(11-17)26-21-7-6-19(13-25-21)31-9-2-1-3-23(31)34/h1-3,6-10,12-13,16-17,20,33H,4-5,11,14-15H2,(H,25,26)(H,27,29)/t16-,17-/m0/s1. The van der Waals surface area contributed by atoms with Gasteiger partial charge in [-0.05, 0) is 43.5 Å². The van der Waals surface area contributed by atoms with Gasteiger partial charge in [-0.2, -0.15) is 4.98 Å². The fraction of sp³-hybridized carbons (Fsp3) is 0.333. The van der Waals surface area contributed by atoms with Crippen molar-refractivity contribution in [3.8, 4) is 5.69 Å². The molecule has 2 fully saturated rings. The smallest absolute Gasteiger partial charge is 0.255 e. The van der Waals surface area contributed by atoms with Crippen LogP contribution in [0.25, 0.3) is 11.3 Å². The molecule has 174 valence electrons. The highest BCUT2D eigenvalue weighted by atomic mass is 16.3. The van der Waals surface area contributed by atoms with Crippen molar-refractivity contribution in [3.05, 3.63) is 71.4 Å². The quantitative estimate of drug-likeness (QED) is 0.402. The lowest BCUT2D eigenvalue weighted by Crippen LogP contribution is -2.50. The number of hydrogen-bond acceptors (Lipinski definition) is 8. The fourth-order valence-electron chi connectivity index (χ4n) is 4.68. The Bertz CT molecular complexity index is 1360. The number of pyridine rings is 3. The van der Waals surface area contributed by atoms with Crippen LogP contribution in [0.2, 0.25) is 0 Å². The summed E-state index contributed by atoms with van der Waals surface area (Å²) in [4.78, 5) is 23.3. The van der Waals surface area contributed by atoms with Gasteiger partial charge in [-0.15, -0.1) is 5.10 Å². The molecule has 4 aromatic rings. The first-order chi connectivity index (χ1) is 16.6. The number of anilines is 3. The molecule has 0 radical (unpaired) electrons. The highest BCUT2D eigenvalue weighted by Crippen LogP contribution is 2.26. The molecule has 5 heterocycles. The van der Waals surface area contributed by atoms with Crippen molar-refractivity contribution in [2.75, 3.05) is 28.6 Å². The van der Waals surface area contributed by atoms with Crippen molar-refractivity contribution in [1.82, 2.24) is 24.1 Å². The zero-order chi connectivity index (χ0) is 23.1. The number of hydrogen-bond donors (Lipinski definition) is 3. The molecule has 34 heavy (non-hydrogen) atoms. The van der Waals surface area contributed by atoms with Crippen LogP contribution in [-0.2, 0) is 0 Å². The Morgan fingerprint density at radius 2 is 1.82 bits per heavy atom. The second kappa shape index (κ2) is 8.45. The zero-order valence-corrected chi connectivity index (χ0v) is 18.6. The van der Waals surface area contributed by atoms with Crippen molar-refractivity contribution in [2.45, 2.75) is 37.5 Å². The number of nitrogens with zero attached hydrogens (tertiary/aromatic N) is 6. The Balaban J connectivity index is 1.06. The molecule has 2 atom stereocenters. The molecular weight excluding hydrogens is 432 g/mol. The van der Waals surface area contributed by atoms with Gasteiger partial charge in [0.2, 0.25) is 5.95 Å². The van der Waals surface area contributed by atoms with Gasteiger partial charge in [0.25, 0.3) is 5.56 Å². The van der Waals surface area contributed by atoms with Gasteiger partial charge in [-0.25, -0.2) is 9.50 Å². The summed E-state index contributed by atoms with van der Waals surface area (Å²) in [6.45, 7) is 1.32. The van der Waals surface area contributed by atoms with Crippen LogP contribution in [0.5, 0.6) is 0 Å². The highest BCUT2D eigenvalue weighted by Gasteiger charge is 2.27. The van der Waals surface area contributed by atoms with E-state index in [0.29, 0.717) is 25.1 Å². The molecule has 6 rings (SSSR count). The summed E-state index contributed by atoms with van der Waals surface area (Å²) in [6, 6.07) is 13.5. The Morgan fingerprint density at radius 1 is 0.971 bits per heavy atom. The van der Waals surface area contributed by atoms with Crippen molar-refractivity contribution >= 4 is 23.1 Å². The van der Waals surface area contributed by atoms with Crippen LogP contribution in [0.1, 0.15) is 19.3 Å². The lowest BCUT2D eigenvalue weighted by atomic mass is 10.1. The molecule has 1 aliphatic heterocycles. The van der Waals surface area contributed by atoms with Crippen molar-refractivity contribution in [1.29, 1.82) is 0 Å². The maximum absolute atomic E-state index is 12.0. The van der Waals surface area contributed by atoms with Crippen LogP contribution in [-0.4, -0.2) is 60.5 Å². The van der Waals surface area contributed by atoms with E-state index in [0.717, 1.165) is 42.1 Å². The van der Waals surface area contributed by atoms with E-state index in [1.165, 1.54) is 6.07 Å². The van der Waals surface area contributed by atoms with Gasteiger partial charge in [0.15, 0.2) is 5.65 Å². The van der Waals surface area contributed by atoms with E-state index in [2.05, 4.69) is 30.6 Å². The summed E-state index contributed by atoms with van der Waals surface area (Å²) in [5.74, 6) is 1.43. The van der Waals surface area contributed by atoms with Gasteiger partial charge in [-0.1, -0.05) is 6.07 Å². The lowest BCUT2D eigenvalue weighted by molar-refractivity contribution is 0.142. The molecule has 0 bridgehead atoms. The molecule has 1 aliphatic carbocycles. The number of nitrogens with one attached hydrogen (secondary N) is 2. The molecular formula is C24H26N8O2. The second-order valence-electron chi connectivity index (χ2n) is 8.99. The van der Waals surface area contributed by atoms with Gasteiger partial charge in [0, 0.05) is 55.4 Å². The summed E-state index contributed by atoms with van der Waals surface area (Å²) < 4.78 is 3.35. The minimum atomic E-state index is -0.239.